The van der Waals surface area contributed by atoms with Crippen LogP contribution in [0.15, 0.2) is 36.7 Å². The third-order valence-electron chi connectivity index (χ3n) is 2.68. The average molecular weight is 352 g/mol. The van der Waals surface area contributed by atoms with Gasteiger partial charge in [0.2, 0.25) is 10.0 Å². The lowest BCUT2D eigenvalue weighted by Gasteiger charge is -2.10. The molecule has 0 atom stereocenters. The molecule has 11 heteroatoms. The van der Waals surface area contributed by atoms with E-state index in [2.05, 4.69) is 31.6 Å². The monoisotopic (exact) mass is 352 g/mol. The summed E-state index contributed by atoms with van der Waals surface area (Å²) in [4.78, 5) is 34.5. The maximum atomic E-state index is 11.4. The first-order chi connectivity index (χ1) is 11.2. The number of carbonyl (C=O) groups excluding carboxylic acids is 1. The van der Waals surface area contributed by atoms with Crippen molar-refractivity contribution in [3.8, 4) is 0 Å². The molecule has 2 aromatic rings. The van der Waals surface area contributed by atoms with Gasteiger partial charge in [-0.15, -0.1) is 0 Å². The van der Waals surface area contributed by atoms with E-state index in [1.54, 1.807) is 0 Å². The molecule has 0 amide bonds. The molecule has 24 heavy (non-hydrogen) atoms. The minimum atomic E-state index is -3.48. The number of carboxylic acid groups (broad SMARTS) is 1. The first-order valence-electron chi connectivity index (χ1n) is 6.29. The minimum absolute atomic E-state index is 0.0451. The Labute approximate surface area is 136 Å². The van der Waals surface area contributed by atoms with Crippen molar-refractivity contribution in [1.82, 2.24) is 9.97 Å². The zero-order chi connectivity index (χ0) is 17.9. The van der Waals surface area contributed by atoms with Gasteiger partial charge in [-0.25, -0.2) is 28.0 Å². The zero-order valence-corrected chi connectivity index (χ0v) is 13.1. The van der Waals surface area contributed by atoms with Gasteiger partial charge in [0.15, 0.2) is 5.82 Å². The van der Waals surface area contributed by atoms with E-state index >= 15 is 0 Å². The third-order valence-corrected chi connectivity index (χ3v) is 3.29. The van der Waals surface area contributed by atoms with E-state index in [1.165, 1.54) is 24.5 Å². The molecule has 3 N–H and O–H groups in total. The molecular weight excluding hydrogens is 340 g/mol. The van der Waals surface area contributed by atoms with Crippen LogP contribution < -0.4 is 10.2 Å². The molecule has 1 heterocycles. The van der Waals surface area contributed by atoms with Crippen LogP contribution in [0.5, 0.6) is 0 Å². The molecule has 10 nitrogen and oxygen atoms in total. The lowest BCUT2D eigenvalue weighted by molar-refractivity contribution is -0.142. The van der Waals surface area contributed by atoms with E-state index in [0.717, 1.165) is 6.26 Å². The molecule has 0 aliphatic rings. The Bertz CT molecular complexity index is 941. The van der Waals surface area contributed by atoms with Crippen molar-refractivity contribution < 1.29 is 28.0 Å². The molecule has 0 saturated heterocycles. The summed E-state index contributed by atoms with van der Waals surface area (Å²) in [5.74, 6) is -2.67. The molecule has 0 saturated carbocycles. The maximum Gasteiger partial charge on any atom is 0.369 e. The fourth-order valence-electron chi connectivity index (χ4n) is 1.66. The molecule has 2 rings (SSSR count). The summed E-state index contributed by atoms with van der Waals surface area (Å²) < 4.78 is 24.9. The van der Waals surface area contributed by atoms with Gasteiger partial charge in [-0.2, -0.15) is 5.48 Å². The number of hydrogen-bond donors (Lipinski definition) is 3. The van der Waals surface area contributed by atoms with E-state index in [1.807, 2.05) is 0 Å². The number of benzene rings is 1. The molecule has 0 fully saturated rings. The van der Waals surface area contributed by atoms with Gasteiger partial charge in [0.25, 0.3) is 0 Å². The van der Waals surface area contributed by atoms with Crippen LogP contribution in [-0.4, -0.2) is 41.7 Å². The number of nitrogens with zero attached hydrogens (tertiary/aromatic N) is 2. The van der Waals surface area contributed by atoms with Crippen LogP contribution in [0.3, 0.4) is 0 Å². The maximum absolute atomic E-state index is 11.4. The van der Waals surface area contributed by atoms with E-state index < -0.39 is 27.5 Å². The van der Waals surface area contributed by atoms with Crippen LogP contribution in [0.1, 0.15) is 0 Å². The highest BCUT2D eigenvalue weighted by molar-refractivity contribution is 7.92. The molecule has 0 bridgehead atoms. The summed E-state index contributed by atoms with van der Waals surface area (Å²) in [5.41, 5.74) is 2.15. The van der Waals surface area contributed by atoms with Gasteiger partial charge in [-0.1, -0.05) is 6.58 Å². The van der Waals surface area contributed by atoms with Gasteiger partial charge in [0.05, 0.1) is 11.8 Å². The number of rotatable bonds is 6. The van der Waals surface area contributed by atoms with Crippen molar-refractivity contribution >= 4 is 44.4 Å². The molecule has 0 aliphatic heterocycles. The first kappa shape index (κ1) is 17.1. The normalized spacial score (nSPS) is 10.9. The Morgan fingerprint density at radius 2 is 2.00 bits per heavy atom. The van der Waals surface area contributed by atoms with Crippen LogP contribution in [-0.2, 0) is 24.4 Å². The second-order valence-corrected chi connectivity index (χ2v) is 6.35. The Kier molecular flexibility index (Phi) is 4.64. The highest BCUT2D eigenvalue weighted by Crippen LogP contribution is 2.23. The van der Waals surface area contributed by atoms with Gasteiger partial charge in [-0.3, -0.25) is 4.72 Å². The zero-order valence-electron chi connectivity index (χ0n) is 12.3. The molecule has 0 radical (unpaired) electrons. The van der Waals surface area contributed by atoms with E-state index in [9.17, 15) is 18.0 Å². The second kappa shape index (κ2) is 6.50. The predicted octanol–water partition coefficient (Wildman–Crippen LogP) is 0.512. The molecule has 0 aliphatic carbocycles. The number of aromatic nitrogens is 2. The molecule has 1 aromatic carbocycles. The predicted molar refractivity (Wildman–Crippen MR) is 84.5 cm³/mol. The number of fused-ring (bicyclic) bond motifs is 1. The van der Waals surface area contributed by atoms with Crippen molar-refractivity contribution in [3.05, 3.63) is 36.7 Å². The van der Waals surface area contributed by atoms with E-state index in [0.29, 0.717) is 10.9 Å². The summed E-state index contributed by atoms with van der Waals surface area (Å²) in [6.07, 6.45) is 2.19. The van der Waals surface area contributed by atoms with Crippen LogP contribution in [0, 0.1) is 0 Å². The highest BCUT2D eigenvalue weighted by atomic mass is 32.2. The number of anilines is 2. The fourth-order valence-corrected chi connectivity index (χ4v) is 2.21. The lowest BCUT2D eigenvalue weighted by Crippen LogP contribution is -2.18. The summed E-state index contributed by atoms with van der Waals surface area (Å²) in [6.45, 7) is 3.06. The molecule has 1 aromatic heterocycles. The Hall–Kier alpha value is -3.21. The van der Waals surface area contributed by atoms with Crippen molar-refractivity contribution in [2.75, 3.05) is 16.5 Å². The standard InChI is InChI=1S/C13H12N4O6S/c1-7(12(18)19)13(20)23-16-11-9-5-8(17-24(2,21)22)3-4-10(9)14-6-15-11/h3-6,17H,1H2,2H3,(H,18,19)(H,14,15,16). The number of sulfonamides is 1. The number of hydrogen-bond acceptors (Lipinski definition) is 8. The Morgan fingerprint density at radius 1 is 1.29 bits per heavy atom. The van der Waals surface area contributed by atoms with Gasteiger partial charge >= 0.3 is 11.9 Å². The van der Waals surface area contributed by atoms with Crippen molar-refractivity contribution in [1.29, 1.82) is 0 Å². The second-order valence-electron chi connectivity index (χ2n) is 4.60. The molecule has 0 spiro atoms. The largest absolute Gasteiger partial charge is 0.477 e. The van der Waals surface area contributed by atoms with E-state index in [-0.39, 0.29) is 11.5 Å². The number of carboxylic acids is 1. The Morgan fingerprint density at radius 3 is 2.62 bits per heavy atom. The summed E-state index contributed by atoms with van der Waals surface area (Å²) in [6, 6.07) is 4.46. The summed E-state index contributed by atoms with van der Waals surface area (Å²) >= 11 is 0. The van der Waals surface area contributed by atoms with Crippen molar-refractivity contribution in [3.63, 3.8) is 0 Å². The van der Waals surface area contributed by atoms with Crippen LogP contribution in [0.2, 0.25) is 0 Å². The highest BCUT2D eigenvalue weighted by Gasteiger charge is 2.17. The molecule has 0 unspecified atom stereocenters. The summed E-state index contributed by atoms with van der Waals surface area (Å²) in [5, 5.41) is 8.99. The fraction of sp³-hybridized carbons (Fsp3) is 0.0769. The molecular formula is C13H12N4O6S. The van der Waals surface area contributed by atoms with Gasteiger partial charge < -0.3 is 9.94 Å². The third kappa shape index (κ3) is 4.16. The summed E-state index contributed by atoms with van der Waals surface area (Å²) in [7, 11) is -3.48. The first-order valence-corrected chi connectivity index (χ1v) is 8.18. The van der Waals surface area contributed by atoms with Crippen LogP contribution in [0.4, 0.5) is 11.5 Å². The van der Waals surface area contributed by atoms with Crippen LogP contribution >= 0.6 is 0 Å². The molecule has 126 valence electrons. The average Bonchev–Trinajstić information content (AvgIpc) is 2.50. The van der Waals surface area contributed by atoms with Gasteiger partial charge in [-0.05, 0) is 18.2 Å². The number of aliphatic carboxylic acids is 1. The van der Waals surface area contributed by atoms with Crippen LogP contribution in [0.25, 0.3) is 10.9 Å². The van der Waals surface area contributed by atoms with Crippen molar-refractivity contribution in [2.24, 2.45) is 0 Å². The topological polar surface area (TPSA) is 148 Å². The van der Waals surface area contributed by atoms with Gasteiger partial charge in [0.1, 0.15) is 11.9 Å². The number of nitrogens with one attached hydrogen (secondary N) is 2. The van der Waals surface area contributed by atoms with Crippen molar-refractivity contribution in [2.45, 2.75) is 0 Å². The van der Waals surface area contributed by atoms with Gasteiger partial charge in [0, 0.05) is 11.1 Å². The number of carbonyl (C=O) groups is 2. The quantitative estimate of drug-likeness (QED) is 0.293. The minimum Gasteiger partial charge on any atom is -0.477 e. The van der Waals surface area contributed by atoms with E-state index in [4.69, 9.17) is 5.11 Å². The SMILES string of the molecule is C=C(C(=O)O)C(=O)ONc1ncnc2ccc(NS(C)(=O)=O)cc12. The smallest absolute Gasteiger partial charge is 0.369 e. The lowest BCUT2D eigenvalue weighted by atomic mass is 10.2. The Balaban J connectivity index is 2.29.